The number of carbonyl (C=O) groups is 3. The number of oxazole rings is 1. The Balaban J connectivity index is 1.73. The molecule has 8 nitrogen and oxygen atoms in total. The summed E-state index contributed by atoms with van der Waals surface area (Å²) >= 11 is 0. The molecule has 0 saturated carbocycles. The minimum absolute atomic E-state index is 0.169. The summed E-state index contributed by atoms with van der Waals surface area (Å²) in [6, 6.07) is 11.0. The molecular weight excluding hydrogens is 350 g/mol. The number of aromatic nitrogens is 1. The number of rotatable bonds is 6. The monoisotopic (exact) mass is 367 g/mol. The van der Waals surface area contributed by atoms with E-state index in [2.05, 4.69) is 10.3 Å². The summed E-state index contributed by atoms with van der Waals surface area (Å²) in [7, 11) is 0. The third kappa shape index (κ3) is 3.95. The third-order valence-electron chi connectivity index (χ3n) is 3.93. The van der Waals surface area contributed by atoms with Gasteiger partial charge >= 0.3 is 5.97 Å². The van der Waals surface area contributed by atoms with E-state index in [4.69, 9.17) is 14.9 Å². The van der Waals surface area contributed by atoms with Gasteiger partial charge in [0.25, 0.3) is 11.8 Å². The molecule has 0 aliphatic rings. The van der Waals surface area contributed by atoms with E-state index >= 15 is 0 Å². The van der Waals surface area contributed by atoms with E-state index in [1.54, 1.807) is 37.3 Å². The van der Waals surface area contributed by atoms with Crippen LogP contribution >= 0.6 is 0 Å². The van der Waals surface area contributed by atoms with Crippen LogP contribution < -0.4 is 11.1 Å². The van der Waals surface area contributed by atoms with Crippen molar-refractivity contribution in [1.29, 1.82) is 0 Å². The lowest BCUT2D eigenvalue weighted by Crippen LogP contribution is -2.32. The highest BCUT2D eigenvalue weighted by Gasteiger charge is 2.23. The van der Waals surface area contributed by atoms with Crippen LogP contribution in [0.3, 0.4) is 0 Å². The van der Waals surface area contributed by atoms with Gasteiger partial charge in [0.05, 0.1) is 16.8 Å². The number of esters is 1. The number of amides is 2. The van der Waals surface area contributed by atoms with Gasteiger partial charge in [-0.25, -0.2) is 9.78 Å². The first-order valence-corrected chi connectivity index (χ1v) is 8.23. The van der Waals surface area contributed by atoms with E-state index in [0.717, 1.165) is 0 Å². The minimum Gasteiger partial charge on any atom is -0.449 e. The lowest BCUT2D eigenvalue weighted by Gasteiger charge is -2.17. The molecule has 0 fully saturated rings. The fraction of sp³-hybridized carbons (Fsp3) is 0.158. The second-order valence-corrected chi connectivity index (χ2v) is 5.74. The molecule has 1 aromatic heterocycles. The Morgan fingerprint density at radius 3 is 2.74 bits per heavy atom. The number of ether oxygens (including phenoxy) is 1. The molecule has 8 heteroatoms. The van der Waals surface area contributed by atoms with Crippen molar-refractivity contribution in [3.63, 3.8) is 0 Å². The highest BCUT2D eigenvalue weighted by molar-refractivity contribution is 6.04. The van der Waals surface area contributed by atoms with Crippen molar-refractivity contribution < 1.29 is 23.5 Å². The molecule has 0 aliphatic carbocycles. The average Bonchev–Trinajstić information content (AvgIpc) is 3.13. The first kappa shape index (κ1) is 18.1. The summed E-state index contributed by atoms with van der Waals surface area (Å²) < 4.78 is 10.5. The van der Waals surface area contributed by atoms with Gasteiger partial charge in [-0.05, 0) is 36.8 Å². The molecule has 2 amide bonds. The van der Waals surface area contributed by atoms with Crippen LogP contribution in [0.4, 0.5) is 5.69 Å². The van der Waals surface area contributed by atoms with Gasteiger partial charge in [-0.2, -0.15) is 0 Å². The molecule has 1 unspecified atom stereocenters. The molecule has 3 N–H and O–H groups in total. The predicted molar refractivity (Wildman–Crippen MR) is 97.1 cm³/mol. The number of benzene rings is 2. The quantitative estimate of drug-likeness (QED) is 0.645. The zero-order chi connectivity index (χ0) is 19.4. The Labute approximate surface area is 154 Å². The van der Waals surface area contributed by atoms with Gasteiger partial charge in [0.2, 0.25) is 0 Å². The smallest absolute Gasteiger partial charge is 0.339 e. The van der Waals surface area contributed by atoms with Crippen LogP contribution in [0.15, 0.2) is 53.3 Å². The van der Waals surface area contributed by atoms with E-state index < -0.39 is 23.9 Å². The zero-order valence-corrected chi connectivity index (χ0v) is 14.5. The second-order valence-electron chi connectivity index (χ2n) is 5.74. The molecule has 1 atom stereocenters. The number of nitrogens with zero attached hydrogens (tertiary/aromatic N) is 1. The second kappa shape index (κ2) is 7.69. The maximum absolute atomic E-state index is 12.5. The number of para-hydroxylation sites is 1. The Hall–Kier alpha value is -3.68. The molecule has 138 valence electrons. The molecular formula is C19H17N3O5. The summed E-state index contributed by atoms with van der Waals surface area (Å²) in [5.41, 5.74) is 7.02. The van der Waals surface area contributed by atoms with Gasteiger partial charge in [0.1, 0.15) is 5.52 Å². The Bertz CT molecular complexity index is 1010. The van der Waals surface area contributed by atoms with Crippen LogP contribution in [-0.4, -0.2) is 28.9 Å². The van der Waals surface area contributed by atoms with Crippen molar-refractivity contribution in [2.75, 3.05) is 5.32 Å². The fourth-order valence-corrected chi connectivity index (χ4v) is 2.52. The lowest BCUT2D eigenvalue weighted by molar-refractivity contribution is -0.124. The molecule has 0 aliphatic heterocycles. The summed E-state index contributed by atoms with van der Waals surface area (Å²) in [4.78, 5) is 40.3. The Morgan fingerprint density at radius 2 is 2.00 bits per heavy atom. The average molecular weight is 367 g/mol. The van der Waals surface area contributed by atoms with Gasteiger partial charge in [0.15, 0.2) is 18.1 Å². The zero-order valence-electron chi connectivity index (χ0n) is 14.5. The van der Waals surface area contributed by atoms with Crippen LogP contribution in [0.1, 0.15) is 34.1 Å². The molecule has 0 radical (unpaired) electrons. The lowest BCUT2D eigenvalue weighted by atomic mass is 10.1. The van der Waals surface area contributed by atoms with E-state index in [1.165, 1.54) is 18.5 Å². The van der Waals surface area contributed by atoms with Crippen molar-refractivity contribution in [1.82, 2.24) is 4.98 Å². The summed E-state index contributed by atoms with van der Waals surface area (Å²) in [6.07, 6.45) is 0.489. The van der Waals surface area contributed by atoms with Crippen molar-refractivity contribution in [2.45, 2.75) is 19.4 Å². The summed E-state index contributed by atoms with van der Waals surface area (Å²) in [5, 5.41) is 2.58. The molecule has 2 aromatic carbocycles. The maximum Gasteiger partial charge on any atom is 0.339 e. The van der Waals surface area contributed by atoms with Crippen LogP contribution in [0, 0.1) is 0 Å². The standard InChI is InChI=1S/C19H17N3O5/c1-2-15(18(24)22-13-6-4-3-5-12(13)17(20)23)27-19(25)11-7-8-14-16(9-11)26-10-21-14/h3-10,15H,2H2,1H3,(H2,20,23)(H,22,24). The van der Waals surface area contributed by atoms with E-state index in [0.29, 0.717) is 11.1 Å². The van der Waals surface area contributed by atoms with Crippen LogP contribution in [0.2, 0.25) is 0 Å². The SMILES string of the molecule is CCC(OC(=O)c1ccc2ncoc2c1)C(=O)Nc1ccccc1C(N)=O. The molecule has 27 heavy (non-hydrogen) atoms. The molecule has 0 saturated heterocycles. The number of anilines is 1. The predicted octanol–water partition coefficient (Wildman–Crippen LogP) is 2.50. The van der Waals surface area contributed by atoms with Gasteiger partial charge in [-0.15, -0.1) is 0 Å². The highest BCUT2D eigenvalue weighted by Crippen LogP contribution is 2.18. The van der Waals surface area contributed by atoms with E-state index in [-0.39, 0.29) is 23.2 Å². The highest BCUT2D eigenvalue weighted by atomic mass is 16.5. The van der Waals surface area contributed by atoms with Crippen LogP contribution in [0.5, 0.6) is 0 Å². The number of nitrogens with two attached hydrogens (primary N) is 1. The Morgan fingerprint density at radius 1 is 1.22 bits per heavy atom. The number of primary amides is 1. The molecule has 1 heterocycles. The third-order valence-corrected chi connectivity index (χ3v) is 3.93. The number of carbonyl (C=O) groups excluding carboxylic acids is 3. The molecule has 3 rings (SSSR count). The Kier molecular flexibility index (Phi) is 5.16. The molecule has 0 bridgehead atoms. The van der Waals surface area contributed by atoms with Crippen molar-refractivity contribution in [3.05, 3.63) is 60.0 Å². The van der Waals surface area contributed by atoms with Crippen molar-refractivity contribution >= 4 is 34.6 Å². The maximum atomic E-state index is 12.5. The van der Waals surface area contributed by atoms with Gasteiger partial charge in [-0.3, -0.25) is 9.59 Å². The van der Waals surface area contributed by atoms with Crippen LogP contribution in [-0.2, 0) is 9.53 Å². The molecule has 0 spiro atoms. The van der Waals surface area contributed by atoms with Crippen LogP contribution in [0.25, 0.3) is 11.1 Å². The number of fused-ring (bicyclic) bond motifs is 1. The number of hydrogen-bond donors (Lipinski definition) is 2. The van der Waals surface area contributed by atoms with Crippen molar-refractivity contribution in [3.8, 4) is 0 Å². The van der Waals surface area contributed by atoms with Gasteiger partial charge in [-0.1, -0.05) is 19.1 Å². The molecule has 3 aromatic rings. The summed E-state index contributed by atoms with van der Waals surface area (Å²) in [5.74, 6) is -1.89. The van der Waals surface area contributed by atoms with Crippen molar-refractivity contribution in [2.24, 2.45) is 5.73 Å². The number of hydrogen-bond acceptors (Lipinski definition) is 6. The van der Waals surface area contributed by atoms with Gasteiger partial charge < -0.3 is 20.2 Å². The minimum atomic E-state index is -1.04. The van der Waals surface area contributed by atoms with Gasteiger partial charge in [0, 0.05) is 0 Å². The van der Waals surface area contributed by atoms with E-state index in [1.807, 2.05) is 0 Å². The topological polar surface area (TPSA) is 125 Å². The summed E-state index contributed by atoms with van der Waals surface area (Å²) in [6.45, 7) is 1.71. The fourth-order valence-electron chi connectivity index (χ4n) is 2.52. The largest absolute Gasteiger partial charge is 0.449 e. The first-order valence-electron chi connectivity index (χ1n) is 8.23. The van der Waals surface area contributed by atoms with E-state index in [9.17, 15) is 14.4 Å². The first-order chi connectivity index (χ1) is 13.0. The number of nitrogens with one attached hydrogen (secondary N) is 1. The normalized spacial score (nSPS) is 11.7.